The molecule has 0 unspecified atom stereocenters. The summed E-state index contributed by atoms with van der Waals surface area (Å²) in [6, 6.07) is 16.9. The van der Waals surface area contributed by atoms with Gasteiger partial charge in [0.05, 0.1) is 0 Å². The lowest BCUT2D eigenvalue weighted by molar-refractivity contribution is 0.0535. The summed E-state index contributed by atoms with van der Waals surface area (Å²) < 4.78 is 0. The second kappa shape index (κ2) is 6.65. The third-order valence-corrected chi connectivity index (χ3v) is 4.14. The van der Waals surface area contributed by atoms with Gasteiger partial charge in [-0.2, -0.15) is 0 Å². The van der Waals surface area contributed by atoms with Crippen molar-refractivity contribution in [2.24, 2.45) is 0 Å². The molecule has 23 heavy (non-hydrogen) atoms. The summed E-state index contributed by atoms with van der Waals surface area (Å²) in [6.07, 6.45) is 0. The van der Waals surface area contributed by atoms with Gasteiger partial charge in [0.15, 0.2) is 0 Å². The van der Waals surface area contributed by atoms with Crippen LogP contribution in [0.5, 0.6) is 0 Å². The molecular weight excluding hydrogens is 288 g/mol. The van der Waals surface area contributed by atoms with Crippen LogP contribution in [-0.4, -0.2) is 47.8 Å². The lowest BCUT2D eigenvalue weighted by Gasteiger charge is -2.35. The number of benzene rings is 2. The first kappa shape index (κ1) is 15.3. The van der Waals surface area contributed by atoms with Gasteiger partial charge < -0.3 is 9.80 Å². The predicted octanol–water partition coefficient (Wildman–Crippen LogP) is 2.59. The third-order valence-electron chi connectivity index (χ3n) is 4.14. The summed E-state index contributed by atoms with van der Waals surface area (Å²) in [4.78, 5) is 28.6. The molecule has 0 atom stereocenters. The van der Waals surface area contributed by atoms with Gasteiger partial charge in [0.2, 0.25) is 0 Å². The van der Waals surface area contributed by atoms with Gasteiger partial charge >= 0.3 is 0 Å². The van der Waals surface area contributed by atoms with Gasteiger partial charge in [0, 0.05) is 37.3 Å². The molecule has 4 nitrogen and oxygen atoms in total. The minimum Gasteiger partial charge on any atom is -0.335 e. The van der Waals surface area contributed by atoms with Crippen molar-refractivity contribution in [1.29, 1.82) is 0 Å². The van der Waals surface area contributed by atoms with Crippen LogP contribution in [0.1, 0.15) is 26.3 Å². The fourth-order valence-corrected chi connectivity index (χ4v) is 2.84. The highest BCUT2D eigenvalue weighted by Gasteiger charge is 2.25. The lowest BCUT2D eigenvalue weighted by atomic mass is 10.1. The zero-order valence-electron chi connectivity index (χ0n) is 13.2. The molecule has 2 aromatic carbocycles. The van der Waals surface area contributed by atoms with Crippen molar-refractivity contribution in [3.8, 4) is 0 Å². The van der Waals surface area contributed by atoms with E-state index in [1.807, 2.05) is 71.3 Å². The fourth-order valence-electron chi connectivity index (χ4n) is 2.84. The second-order valence-electron chi connectivity index (χ2n) is 5.82. The highest BCUT2D eigenvalue weighted by molar-refractivity contribution is 5.96. The molecule has 0 aromatic heterocycles. The van der Waals surface area contributed by atoms with Crippen molar-refractivity contribution in [2.45, 2.75) is 6.92 Å². The average molecular weight is 308 g/mol. The molecule has 0 radical (unpaired) electrons. The molecule has 4 heteroatoms. The summed E-state index contributed by atoms with van der Waals surface area (Å²) in [5, 5.41) is 0. The van der Waals surface area contributed by atoms with Gasteiger partial charge in [0.1, 0.15) is 0 Å². The molecule has 2 amide bonds. The number of hydrogen-bond donors (Lipinski definition) is 0. The molecule has 0 N–H and O–H groups in total. The standard InChI is InChI=1S/C19H20N2O2/c1-15-6-5-9-17(14-15)19(23)21-12-10-20(11-13-21)18(22)16-7-3-2-4-8-16/h2-9,14H,10-13H2,1H3. The molecule has 118 valence electrons. The predicted molar refractivity (Wildman–Crippen MR) is 89.4 cm³/mol. The van der Waals surface area contributed by atoms with Crippen LogP contribution < -0.4 is 0 Å². The van der Waals surface area contributed by atoms with Gasteiger partial charge in [0.25, 0.3) is 11.8 Å². The van der Waals surface area contributed by atoms with Crippen LogP contribution in [0.2, 0.25) is 0 Å². The number of amides is 2. The van der Waals surface area contributed by atoms with E-state index in [1.54, 1.807) is 0 Å². The molecule has 0 aliphatic carbocycles. The van der Waals surface area contributed by atoms with E-state index in [4.69, 9.17) is 0 Å². The number of carbonyl (C=O) groups is 2. The van der Waals surface area contributed by atoms with Crippen LogP contribution in [0, 0.1) is 6.92 Å². The van der Waals surface area contributed by atoms with Crippen LogP contribution >= 0.6 is 0 Å². The van der Waals surface area contributed by atoms with E-state index < -0.39 is 0 Å². The molecule has 0 spiro atoms. The Hall–Kier alpha value is -2.62. The molecule has 1 heterocycles. The van der Waals surface area contributed by atoms with E-state index >= 15 is 0 Å². The van der Waals surface area contributed by atoms with Gasteiger partial charge in [-0.15, -0.1) is 0 Å². The summed E-state index contributed by atoms with van der Waals surface area (Å²) in [5.74, 6) is 0.0776. The molecule has 1 fully saturated rings. The van der Waals surface area contributed by atoms with Gasteiger partial charge in [-0.3, -0.25) is 9.59 Å². The van der Waals surface area contributed by atoms with Crippen LogP contribution in [0.3, 0.4) is 0 Å². The van der Waals surface area contributed by atoms with Crippen LogP contribution in [0.25, 0.3) is 0 Å². The van der Waals surface area contributed by atoms with E-state index in [9.17, 15) is 9.59 Å². The molecule has 1 aliphatic heterocycles. The fraction of sp³-hybridized carbons (Fsp3) is 0.263. The normalized spacial score (nSPS) is 14.7. The molecule has 3 rings (SSSR count). The largest absolute Gasteiger partial charge is 0.335 e. The molecular formula is C19H20N2O2. The summed E-state index contributed by atoms with van der Waals surface area (Å²) in [6.45, 7) is 4.28. The average Bonchev–Trinajstić information content (AvgIpc) is 2.61. The second-order valence-corrected chi connectivity index (χ2v) is 5.82. The Bertz CT molecular complexity index is 704. The van der Waals surface area contributed by atoms with E-state index in [1.165, 1.54) is 0 Å². The highest BCUT2D eigenvalue weighted by atomic mass is 16.2. The number of piperazine rings is 1. The number of nitrogens with zero attached hydrogens (tertiary/aromatic N) is 2. The molecule has 1 saturated heterocycles. The van der Waals surface area contributed by atoms with Gasteiger partial charge in [-0.25, -0.2) is 0 Å². The third kappa shape index (κ3) is 3.42. The number of hydrogen-bond acceptors (Lipinski definition) is 2. The van der Waals surface area contributed by atoms with Gasteiger partial charge in [-0.1, -0.05) is 35.9 Å². The smallest absolute Gasteiger partial charge is 0.253 e. The topological polar surface area (TPSA) is 40.6 Å². The first-order chi connectivity index (χ1) is 11.1. The van der Waals surface area contributed by atoms with Crippen LogP contribution in [-0.2, 0) is 0 Å². The molecule has 1 aliphatic rings. The van der Waals surface area contributed by atoms with E-state index in [2.05, 4.69) is 0 Å². The minimum atomic E-state index is 0.0354. The first-order valence-electron chi connectivity index (χ1n) is 7.85. The summed E-state index contributed by atoms with van der Waals surface area (Å²) in [5.41, 5.74) is 2.49. The maximum absolute atomic E-state index is 12.5. The van der Waals surface area contributed by atoms with Crippen molar-refractivity contribution in [1.82, 2.24) is 9.80 Å². The Labute approximate surface area is 136 Å². The zero-order valence-corrected chi connectivity index (χ0v) is 13.2. The Morgan fingerprint density at radius 3 is 1.83 bits per heavy atom. The van der Waals surface area contributed by atoms with Crippen LogP contribution in [0.4, 0.5) is 0 Å². The Morgan fingerprint density at radius 1 is 0.739 bits per heavy atom. The number of rotatable bonds is 2. The van der Waals surface area contributed by atoms with Crippen molar-refractivity contribution >= 4 is 11.8 Å². The highest BCUT2D eigenvalue weighted by Crippen LogP contribution is 2.12. The quantitative estimate of drug-likeness (QED) is 0.855. The van der Waals surface area contributed by atoms with Crippen LogP contribution in [0.15, 0.2) is 54.6 Å². The lowest BCUT2D eigenvalue weighted by Crippen LogP contribution is -2.50. The maximum Gasteiger partial charge on any atom is 0.253 e. The van der Waals surface area contributed by atoms with Gasteiger partial charge in [-0.05, 0) is 31.2 Å². The SMILES string of the molecule is Cc1cccc(C(=O)N2CCN(C(=O)c3ccccc3)CC2)c1. The van der Waals surface area contributed by atoms with E-state index in [0.29, 0.717) is 37.3 Å². The molecule has 0 bridgehead atoms. The maximum atomic E-state index is 12.5. The zero-order chi connectivity index (χ0) is 16.2. The molecule has 0 saturated carbocycles. The Kier molecular flexibility index (Phi) is 4.42. The summed E-state index contributed by atoms with van der Waals surface area (Å²) in [7, 11) is 0. The number of aryl methyl sites for hydroxylation is 1. The van der Waals surface area contributed by atoms with E-state index in [-0.39, 0.29) is 11.8 Å². The van der Waals surface area contributed by atoms with E-state index in [0.717, 1.165) is 5.56 Å². The minimum absolute atomic E-state index is 0.0354. The summed E-state index contributed by atoms with van der Waals surface area (Å²) >= 11 is 0. The van der Waals surface area contributed by atoms with Crippen molar-refractivity contribution < 1.29 is 9.59 Å². The Balaban J connectivity index is 1.62. The van der Waals surface area contributed by atoms with Crippen molar-refractivity contribution in [3.05, 3.63) is 71.3 Å². The Morgan fingerprint density at radius 2 is 1.26 bits per heavy atom. The van der Waals surface area contributed by atoms with Crippen molar-refractivity contribution in [2.75, 3.05) is 26.2 Å². The first-order valence-corrected chi connectivity index (χ1v) is 7.85. The molecule has 2 aromatic rings. The number of carbonyl (C=O) groups excluding carboxylic acids is 2. The van der Waals surface area contributed by atoms with Crippen molar-refractivity contribution in [3.63, 3.8) is 0 Å². The monoisotopic (exact) mass is 308 g/mol.